The summed E-state index contributed by atoms with van der Waals surface area (Å²) in [6, 6.07) is 0. The molecule has 1 unspecified atom stereocenters. The SMILES string of the molecule is CCSCCNCCCC(C)CCl. The first-order chi connectivity index (χ1) is 6.31. The van der Waals surface area contributed by atoms with E-state index in [9.17, 15) is 0 Å². The lowest BCUT2D eigenvalue weighted by atomic mass is 10.1. The summed E-state index contributed by atoms with van der Waals surface area (Å²) in [6.45, 7) is 6.70. The predicted octanol–water partition coefficient (Wildman–Crippen LogP) is 2.98. The number of thioether (sulfide) groups is 1. The standard InChI is InChI=1S/C10H22ClNS/c1-3-13-8-7-12-6-4-5-10(2)9-11/h10,12H,3-9H2,1-2H3. The maximum absolute atomic E-state index is 5.71. The summed E-state index contributed by atoms with van der Waals surface area (Å²) in [4.78, 5) is 0. The zero-order chi connectivity index (χ0) is 9.94. The Bertz CT molecular complexity index is 101. The molecule has 3 heteroatoms. The highest BCUT2D eigenvalue weighted by molar-refractivity contribution is 7.99. The monoisotopic (exact) mass is 223 g/mol. The summed E-state index contributed by atoms with van der Waals surface area (Å²) >= 11 is 7.70. The second-order valence-corrected chi connectivity index (χ2v) is 5.05. The van der Waals surface area contributed by atoms with Crippen molar-refractivity contribution >= 4 is 23.4 Å². The van der Waals surface area contributed by atoms with Crippen molar-refractivity contribution in [1.82, 2.24) is 5.32 Å². The van der Waals surface area contributed by atoms with E-state index in [-0.39, 0.29) is 0 Å². The average Bonchev–Trinajstić information content (AvgIpc) is 2.16. The van der Waals surface area contributed by atoms with Gasteiger partial charge in [0.05, 0.1) is 0 Å². The molecule has 0 aromatic rings. The van der Waals surface area contributed by atoms with Crippen LogP contribution in [0.5, 0.6) is 0 Å². The Morgan fingerprint density at radius 3 is 2.77 bits per heavy atom. The van der Waals surface area contributed by atoms with Crippen LogP contribution < -0.4 is 5.32 Å². The summed E-state index contributed by atoms with van der Waals surface area (Å²) in [6.07, 6.45) is 2.50. The minimum Gasteiger partial charge on any atom is -0.316 e. The van der Waals surface area contributed by atoms with Gasteiger partial charge in [0, 0.05) is 18.2 Å². The van der Waals surface area contributed by atoms with Gasteiger partial charge >= 0.3 is 0 Å². The first kappa shape index (κ1) is 13.6. The fourth-order valence-electron chi connectivity index (χ4n) is 1.07. The Balaban J connectivity index is 2.91. The molecule has 0 aromatic carbocycles. The van der Waals surface area contributed by atoms with Crippen LogP contribution in [0.15, 0.2) is 0 Å². The largest absolute Gasteiger partial charge is 0.316 e. The number of alkyl halides is 1. The van der Waals surface area contributed by atoms with E-state index in [1.54, 1.807) is 0 Å². The highest BCUT2D eigenvalue weighted by atomic mass is 35.5. The quantitative estimate of drug-likeness (QED) is 0.477. The molecule has 0 heterocycles. The molecule has 0 bridgehead atoms. The van der Waals surface area contributed by atoms with Crippen molar-refractivity contribution in [3.8, 4) is 0 Å². The number of nitrogens with one attached hydrogen (secondary N) is 1. The van der Waals surface area contributed by atoms with Crippen molar-refractivity contribution in [2.75, 3.05) is 30.5 Å². The molecule has 0 saturated heterocycles. The van der Waals surface area contributed by atoms with E-state index >= 15 is 0 Å². The maximum atomic E-state index is 5.71. The number of hydrogen-bond acceptors (Lipinski definition) is 2. The smallest absolute Gasteiger partial charge is 0.0249 e. The van der Waals surface area contributed by atoms with Gasteiger partial charge in [-0.1, -0.05) is 13.8 Å². The van der Waals surface area contributed by atoms with Gasteiger partial charge in [0.1, 0.15) is 0 Å². The van der Waals surface area contributed by atoms with Crippen molar-refractivity contribution in [2.45, 2.75) is 26.7 Å². The number of hydrogen-bond donors (Lipinski definition) is 1. The van der Waals surface area contributed by atoms with Gasteiger partial charge in [0.15, 0.2) is 0 Å². The lowest BCUT2D eigenvalue weighted by Gasteiger charge is -2.07. The van der Waals surface area contributed by atoms with Crippen molar-refractivity contribution in [3.63, 3.8) is 0 Å². The molecule has 1 N–H and O–H groups in total. The van der Waals surface area contributed by atoms with Gasteiger partial charge < -0.3 is 5.32 Å². The number of halogens is 1. The van der Waals surface area contributed by atoms with Gasteiger partial charge in [-0.25, -0.2) is 0 Å². The fraction of sp³-hybridized carbons (Fsp3) is 1.00. The molecule has 0 aliphatic rings. The number of rotatable bonds is 9. The Morgan fingerprint density at radius 1 is 1.38 bits per heavy atom. The second-order valence-electron chi connectivity index (χ2n) is 3.35. The molecular formula is C10H22ClNS. The lowest BCUT2D eigenvalue weighted by molar-refractivity contribution is 0.538. The Hall–Kier alpha value is 0.600. The summed E-state index contributed by atoms with van der Waals surface area (Å²) in [5.41, 5.74) is 0. The Labute approximate surface area is 92.0 Å². The molecule has 0 amide bonds. The summed E-state index contributed by atoms with van der Waals surface area (Å²) in [7, 11) is 0. The van der Waals surface area contributed by atoms with Crippen LogP contribution in [-0.4, -0.2) is 30.5 Å². The van der Waals surface area contributed by atoms with E-state index in [2.05, 4.69) is 19.2 Å². The van der Waals surface area contributed by atoms with E-state index in [0.717, 1.165) is 19.0 Å². The molecule has 0 spiro atoms. The molecule has 0 radical (unpaired) electrons. The Morgan fingerprint density at radius 2 is 2.15 bits per heavy atom. The normalized spacial score (nSPS) is 13.2. The summed E-state index contributed by atoms with van der Waals surface area (Å²) in [5.74, 6) is 3.94. The van der Waals surface area contributed by atoms with E-state index < -0.39 is 0 Å². The highest BCUT2D eigenvalue weighted by Crippen LogP contribution is 2.06. The van der Waals surface area contributed by atoms with Crippen molar-refractivity contribution in [2.24, 2.45) is 5.92 Å². The van der Waals surface area contributed by atoms with Crippen LogP contribution >= 0.6 is 23.4 Å². The van der Waals surface area contributed by atoms with Crippen molar-refractivity contribution in [3.05, 3.63) is 0 Å². The van der Waals surface area contributed by atoms with Crippen LogP contribution in [0, 0.1) is 5.92 Å². The van der Waals surface area contributed by atoms with Gasteiger partial charge in [-0.2, -0.15) is 11.8 Å². The van der Waals surface area contributed by atoms with E-state index in [0.29, 0.717) is 5.92 Å². The minimum atomic E-state index is 0.675. The highest BCUT2D eigenvalue weighted by Gasteiger charge is 1.98. The zero-order valence-electron chi connectivity index (χ0n) is 8.81. The molecule has 0 saturated carbocycles. The van der Waals surface area contributed by atoms with Crippen molar-refractivity contribution < 1.29 is 0 Å². The van der Waals surface area contributed by atoms with Gasteiger partial charge in [0.2, 0.25) is 0 Å². The third kappa shape index (κ3) is 10.5. The molecule has 1 atom stereocenters. The second kappa shape index (κ2) is 10.7. The average molecular weight is 224 g/mol. The molecular weight excluding hydrogens is 202 g/mol. The summed E-state index contributed by atoms with van der Waals surface area (Å²) < 4.78 is 0. The van der Waals surface area contributed by atoms with Crippen LogP contribution in [0.3, 0.4) is 0 Å². The van der Waals surface area contributed by atoms with Crippen LogP contribution in [0.1, 0.15) is 26.7 Å². The Kier molecular flexibility index (Phi) is 11.2. The van der Waals surface area contributed by atoms with Crippen LogP contribution in [0.4, 0.5) is 0 Å². The third-order valence-corrected chi connectivity index (χ3v) is 3.37. The summed E-state index contributed by atoms with van der Waals surface area (Å²) in [5, 5.41) is 3.44. The maximum Gasteiger partial charge on any atom is 0.0249 e. The molecule has 0 aliphatic heterocycles. The predicted molar refractivity (Wildman–Crippen MR) is 65.0 cm³/mol. The molecule has 0 aliphatic carbocycles. The topological polar surface area (TPSA) is 12.0 Å². The van der Waals surface area contributed by atoms with Crippen LogP contribution in [0.25, 0.3) is 0 Å². The third-order valence-electron chi connectivity index (χ3n) is 1.94. The zero-order valence-corrected chi connectivity index (χ0v) is 10.4. The first-order valence-electron chi connectivity index (χ1n) is 5.15. The molecule has 0 rings (SSSR count). The van der Waals surface area contributed by atoms with Crippen molar-refractivity contribution in [1.29, 1.82) is 0 Å². The molecule has 0 aromatic heterocycles. The van der Waals surface area contributed by atoms with Gasteiger partial charge in [-0.15, -0.1) is 11.6 Å². The molecule has 80 valence electrons. The van der Waals surface area contributed by atoms with Crippen LogP contribution in [0.2, 0.25) is 0 Å². The minimum absolute atomic E-state index is 0.675. The molecule has 0 fully saturated rings. The van der Waals surface area contributed by atoms with E-state index in [4.69, 9.17) is 11.6 Å². The van der Waals surface area contributed by atoms with Gasteiger partial charge in [-0.3, -0.25) is 0 Å². The van der Waals surface area contributed by atoms with E-state index in [1.165, 1.54) is 24.3 Å². The fourth-order valence-corrected chi connectivity index (χ4v) is 1.80. The molecule has 1 nitrogen and oxygen atoms in total. The molecule has 13 heavy (non-hydrogen) atoms. The van der Waals surface area contributed by atoms with Gasteiger partial charge in [0.25, 0.3) is 0 Å². The lowest BCUT2D eigenvalue weighted by Crippen LogP contribution is -2.19. The van der Waals surface area contributed by atoms with Gasteiger partial charge in [-0.05, 0) is 31.1 Å². The first-order valence-corrected chi connectivity index (χ1v) is 6.84. The van der Waals surface area contributed by atoms with Crippen LogP contribution in [-0.2, 0) is 0 Å². The van der Waals surface area contributed by atoms with E-state index in [1.807, 2.05) is 11.8 Å².